The van der Waals surface area contributed by atoms with Crippen LogP contribution in [0.25, 0.3) is 10.2 Å². The highest BCUT2D eigenvalue weighted by molar-refractivity contribution is 7.99. The molecule has 1 atom stereocenters. The quantitative estimate of drug-likeness (QED) is 0.510. The number of nitrogens with zero attached hydrogens (tertiary/aromatic N) is 2. The Hall–Kier alpha value is -1.89. The average molecular weight is 427 g/mol. The number of hydrogen-bond donors (Lipinski definition) is 0. The van der Waals surface area contributed by atoms with Crippen LogP contribution in [-0.2, 0) is 15.3 Å². The molecule has 0 saturated carbocycles. The van der Waals surface area contributed by atoms with Crippen molar-refractivity contribution in [3.63, 3.8) is 0 Å². The maximum atomic E-state index is 13.2. The van der Waals surface area contributed by atoms with Crippen LogP contribution in [0.2, 0.25) is 0 Å². The third-order valence-corrected chi connectivity index (χ3v) is 7.31. The maximum Gasteiger partial charge on any atom is 0.238 e. The van der Waals surface area contributed by atoms with Gasteiger partial charge in [0.05, 0.1) is 28.6 Å². The number of thioether (sulfide) groups is 1. The Labute approximate surface area is 180 Å². The molecule has 0 aliphatic carbocycles. The minimum atomic E-state index is 0.105. The number of anilines is 1. The molecular formula is C23H26N2O2S2. The minimum Gasteiger partial charge on any atom is -0.376 e. The second-order valence-electron chi connectivity index (χ2n) is 7.54. The van der Waals surface area contributed by atoms with E-state index < -0.39 is 0 Å². The Morgan fingerprint density at radius 3 is 2.86 bits per heavy atom. The molecule has 0 bridgehead atoms. The molecule has 1 amide bonds. The number of aryl methyl sites for hydroxylation is 2. The zero-order chi connectivity index (χ0) is 20.2. The van der Waals surface area contributed by atoms with Gasteiger partial charge in [0.15, 0.2) is 5.13 Å². The first-order valence-electron chi connectivity index (χ1n) is 10.0. The summed E-state index contributed by atoms with van der Waals surface area (Å²) in [5.74, 6) is 1.38. The molecule has 1 aromatic heterocycles. The lowest BCUT2D eigenvalue weighted by Gasteiger charge is -2.23. The molecular weight excluding hydrogens is 400 g/mol. The van der Waals surface area contributed by atoms with Gasteiger partial charge in [0.25, 0.3) is 0 Å². The molecule has 1 aliphatic heterocycles. The van der Waals surface area contributed by atoms with Crippen molar-refractivity contribution in [1.82, 2.24) is 4.98 Å². The Balaban J connectivity index is 1.52. The summed E-state index contributed by atoms with van der Waals surface area (Å²) in [7, 11) is 0. The summed E-state index contributed by atoms with van der Waals surface area (Å²) in [6, 6.07) is 14.5. The van der Waals surface area contributed by atoms with Crippen molar-refractivity contribution in [2.75, 3.05) is 23.8 Å². The molecule has 29 heavy (non-hydrogen) atoms. The number of ether oxygens (including phenoxy) is 1. The zero-order valence-electron chi connectivity index (χ0n) is 16.9. The number of carbonyl (C=O) groups excluding carboxylic acids is 1. The van der Waals surface area contributed by atoms with Crippen LogP contribution in [0, 0.1) is 13.8 Å². The first-order chi connectivity index (χ1) is 14.1. The fraction of sp³-hybridized carbons (Fsp3) is 0.391. The lowest BCUT2D eigenvalue weighted by atomic mass is 10.1. The largest absolute Gasteiger partial charge is 0.376 e. The molecule has 2 heterocycles. The van der Waals surface area contributed by atoms with Crippen LogP contribution in [-0.4, -0.2) is 35.9 Å². The number of carbonyl (C=O) groups is 1. The van der Waals surface area contributed by atoms with Crippen LogP contribution in [0.3, 0.4) is 0 Å². The molecule has 1 aliphatic rings. The van der Waals surface area contributed by atoms with Crippen LogP contribution >= 0.6 is 23.1 Å². The van der Waals surface area contributed by atoms with Crippen molar-refractivity contribution >= 4 is 44.4 Å². The Kier molecular flexibility index (Phi) is 6.53. The molecule has 4 rings (SSSR count). The molecule has 1 fully saturated rings. The third kappa shape index (κ3) is 5.00. The minimum absolute atomic E-state index is 0.105. The van der Waals surface area contributed by atoms with Gasteiger partial charge in [-0.05, 0) is 49.4 Å². The van der Waals surface area contributed by atoms with E-state index in [-0.39, 0.29) is 12.0 Å². The molecule has 3 aromatic rings. The van der Waals surface area contributed by atoms with E-state index in [2.05, 4.69) is 38.1 Å². The average Bonchev–Trinajstić information content (AvgIpc) is 3.36. The van der Waals surface area contributed by atoms with E-state index in [4.69, 9.17) is 9.72 Å². The number of aromatic nitrogens is 1. The predicted octanol–water partition coefficient (Wildman–Crippen LogP) is 5.36. The van der Waals surface area contributed by atoms with Crippen molar-refractivity contribution in [1.29, 1.82) is 0 Å². The SMILES string of the molecule is Cc1cc(C)c2sc(N(CC3CCCO3)C(=O)CSCc3ccccc3)nc2c1. The monoisotopic (exact) mass is 426 g/mol. The maximum absolute atomic E-state index is 13.2. The van der Waals surface area contributed by atoms with E-state index in [0.29, 0.717) is 12.3 Å². The van der Waals surface area contributed by atoms with Gasteiger partial charge in [0, 0.05) is 12.4 Å². The summed E-state index contributed by atoms with van der Waals surface area (Å²) >= 11 is 3.26. The second-order valence-corrected chi connectivity index (χ2v) is 9.51. The smallest absolute Gasteiger partial charge is 0.238 e. The van der Waals surface area contributed by atoms with Crippen LogP contribution in [0.4, 0.5) is 5.13 Å². The summed E-state index contributed by atoms with van der Waals surface area (Å²) in [4.78, 5) is 19.8. The Bertz CT molecular complexity index is 981. The zero-order valence-corrected chi connectivity index (χ0v) is 18.5. The van der Waals surface area contributed by atoms with Gasteiger partial charge in [-0.1, -0.05) is 47.7 Å². The van der Waals surface area contributed by atoms with E-state index in [9.17, 15) is 4.79 Å². The summed E-state index contributed by atoms with van der Waals surface area (Å²) in [5.41, 5.74) is 4.63. The first kappa shape index (κ1) is 20.4. The van der Waals surface area contributed by atoms with Crippen LogP contribution < -0.4 is 4.90 Å². The lowest BCUT2D eigenvalue weighted by Crippen LogP contribution is -2.38. The lowest BCUT2D eigenvalue weighted by molar-refractivity contribution is -0.116. The van der Waals surface area contributed by atoms with E-state index in [1.807, 2.05) is 23.1 Å². The highest BCUT2D eigenvalue weighted by Gasteiger charge is 2.26. The van der Waals surface area contributed by atoms with Gasteiger partial charge in [-0.2, -0.15) is 0 Å². The summed E-state index contributed by atoms with van der Waals surface area (Å²) in [5, 5.41) is 0.787. The standard InChI is InChI=1S/C23H26N2O2S2/c1-16-11-17(2)22-20(12-16)24-23(29-22)25(13-19-9-6-10-27-19)21(26)15-28-14-18-7-4-3-5-8-18/h3-5,7-8,11-12,19H,6,9-10,13-15H2,1-2H3. The number of benzene rings is 2. The third-order valence-electron chi connectivity index (χ3n) is 5.09. The first-order valence-corrected chi connectivity index (χ1v) is 12.0. The molecule has 1 saturated heterocycles. The fourth-order valence-corrected chi connectivity index (χ4v) is 5.57. The van der Waals surface area contributed by atoms with Crippen molar-refractivity contribution in [3.8, 4) is 0 Å². The van der Waals surface area contributed by atoms with Gasteiger partial charge in [-0.25, -0.2) is 4.98 Å². The van der Waals surface area contributed by atoms with Crippen molar-refractivity contribution in [3.05, 3.63) is 59.2 Å². The Morgan fingerprint density at radius 1 is 1.28 bits per heavy atom. The molecule has 1 unspecified atom stereocenters. The molecule has 0 spiro atoms. The fourth-order valence-electron chi connectivity index (χ4n) is 3.67. The number of amides is 1. The molecule has 6 heteroatoms. The van der Waals surface area contributed by atoms with Crippen molar-refractivity contribution in [2.45, 2.75) is 38.5 Å². The van der Waals surface area contributed by atoms with Gasteiger partial charge in [-0.3, -0.25) is 9.69 Å². The molecule has 0 N–H and O–H groups in total. The summed E-state index contributed by atoms with van der Waals surface area (Å²) in [6.45, 7) is 5.57. The number of thiazole rings is 1. The predicted molar refractivity (Wildman–Crippen MR) is 123 cm³/mol. The van der Waals surface area contributed by atoms with Gasteiger partial charge in [0.2, 0.25) is 5.91 Å². The molecule has 152 valence electrons. The highest BCUT2D eigenvalue weighted by atomic mass is 32.2. The highest BCUT2D eigenvalue weighted by Crippen LogP contribution is 2.33. The van der Waals surface area contributed by atoms with Gasteiger partial charge in [0.1, 0.15) is 0 Å². The number of fused-ring (bicyclic) bond motifs is 1. The molecule has 0 radical (unpaired) electrons. The van der Waals surface area contributed by atoms with Crippen LogP contribution in [0.5, 0.6) is 0 Å². The normalized spacial score (nSPS) is 16.4. The number of hydrogen-bond acceptors (Lipinski definition) is 5. The van der Waals surface area contributed by atoms with Gasteiger partial charge < -0.3 is 4.74 Å². The van der Waals surface area contributed by atoms with E-state index in [1.165, 1.54) is 16.7 Å². The molecule has 2 aromatic carbocycles. The summed E-state index contributed by atoms with van der Waals surface area (Å²) in [6.07, 6.45) is 2.17. The topological polar surface area (TPSA) is 42.4 Å². The van der Waals surface area contributed by atoms with E-state index >= 15 is 0 Å². The summed E-state index contributed by atoms with van der Waals surface area (Å²) < 4.78 is 6.98. The Morgan fingerprint density at radius 2 is 2.10 bits per heavy atom. The van der Waals surface area contributed by atoms with E-state index in [0.717, 1.165) is 40.5 Å². The van der Waals surface area contributed by atoms with Crippen molar-refractivity contribution in [2.24, 2.45) is 0 Å². The van der Waals surface area contributed by atoms with Crippen molar-refractivity contribution < 1.29 is 9.53 Å². The molecule has 4 nitrogen and oxygen atoms in total. The van der Waals surface area contributed by atoms with Gasteiger partial charge in [-0.15, -0.1) is 11.8 Å². The van der Waals surface area contributed by atoms with Gasteiger partial charge >= 0.3 is 0 Å². The van der Waals surface area contributed by atoms with Crippen LogP contribution in [0.1, 0.15) is 29.5 Å². The van der Waals surface area contributed by atoms with E-state index in [1.54, 1.807) is 23.1 Å². The second kappa shape index (κ2) is 9.28. The number of rotatable bonds is 7. The van der Waals surface area contributed by atoms with Crippen LogP contribution in [0.15, 0.2) is 42.5 Å².